The van der Waals surface area contributed by atoms with Gasteiger partial charge in [-0.25, -0.2) is 14.0 Å². The summed E-state index contributed by atoms with van der Waals surface area (Å²) in [5.41, 5.74) is 6.11. The molecule has 1 aromatic heterocycles. The lowest BCUT2D eigenvalue weighted by atomic mass is 9.92. The quantitative estimate of drug-likeness (QED) is 0.584. The van der Waals surface area contributed by atoms with E-state index in [2.05, 4.69) is 15.5 Å². The number of nitrogens with two attached hydrogens (primary N) is 1. The van der Waals surface area contributed by atoms with Gasteiger partial charge in [-0.15, -0.1) is 4.36 Å². The van der Waals surface area contributed by atoms with Crippen LogP contribution in [-0.4, -0.2) is 25.0 Å². The summed E-state index contributed by atoms with van der Waals surface area (Å²) in [5.74, 6) is -0.499. The Morgan fingerprint density at radius 1 is 1.09 bits per heavy atom. The lowest BCUT2D eigenvalue weighted by Gasteiger charge is -2.18. The minimum Gasteiger partial charge on any atom is -0.384 e. The van der Waals surface area contributed by atoms with Crippen molar-refractivity contribution in [3.63, 3.8) is 0 Å². The predicted octanol–water partition coefficient (Wildman–Crippen LogP) is 3.55. The Bertz CT molecular complexity index is 1360. The summed E-state index contributed by atoms with van der Waals surface area (Å²) in [5, 5.41) is 21.2. The number of aromatic nitrogens is 2. The van der Waals surface area contributed by atoms with E-state index in [9.17, 15) is 14.1 Å². The first-order chi connectivity index (χ1) is 16.1. The van der Waals surface area contributed by atoms with E-state index in [1.54, 1.807) is 13.8 Å². The standard InChI is InChI=1S/C26H30N4O3S/c1-26(2,32)23-16-25(28-30(23)19-10-4-3-5-11-19)34(27,33)29-24(31)15-22-20-12-6-8-17(20)14-18-9-7-13-21(18)22/h3-5,10-11,14,16,32H,6-9,12-13,15H2,1-2H3,(H2,27,29,31,33). The lowest BCUT2D eigenvalue weighted by Crippen LogP contribution is -2.20. The molecule has 8 heteroatoms. The van der Waals surface area contributed by atoms with Gasteiger partial charge in [0.25, 0.3) is 5.91 Å². The molecule has 0 aliphatic heterocycles. The number of para-hydroxylation sites is 1. The van der Waals surface area contributed by atoms with Gasteiger partial charge in [-0.05, 0) is 92.3 Å². The van der Waals surface area contributed by atoms with Gasteiger partial charge in [-0.1, -0.05) is 24.3 Å². The van der Waals surface area contributed by atoms with Crippen LogP contribution in [0.1, 0.15) is 60.2 Å². The average molecular weight is 479 g/mol. The first kappa shape index (κ1) is 23.0. The van der Waals surface area contributed by atoms with Crippen molar-refractivity contribution >= 4 is 15.8 Å². The molecule has 0 bridgehead atoms. The van der Waals surface area contributed by atoms with E-state index >= 15 is 0 Å². The van der Waals surface area contributed by atoms with Crippen LogP contribution in [0.4, 0.5) is 0 Å². The van der Waals surface area contributed by atoms with Crippen LogP contribution in [0.3, 0.4) is 0 Å². The Morgan fingerprint density at radius 2 is 1.71 bits per heavy atom. The second-order valence-corrected chi connectivity index (χ2v) is 11.5. The number of aliphatic hydroxyl groups is 1. The van der Waals surface area contributed by atoms with Crippen molar-refractivity contribution in [3.8, 4) is 5.69 Å². The number of carbonyl (C=O) groups excluding carboxylic acids is 1. The third-order valence-electron chi connectivity index (χ3n) is 6.78. The molecule has 0 spiro atoms. The topological polar surface area (TPSA) is 111 Å². The van der Waals surface area contributed by atoms with Crippen molar-refractivity contribution in [1.82, 2.24) is 9.78 Å². The van der Waals surface area contributed by atoms with Crippen LogP contribution in [0.15, 0.2) is 51.9 Å². The Labute approximate surface area is 200 Å². The number of hydrogen-bond acceptors (Lipinski definition) is 4. The fourth-order valence-corrected chi connectivity index (χ4v) is 6.17. The van der Waals surface area contributed by atoms with Gasteiger partial charge in [0.1, 0.15) is 5.60 Å². The number of carbonyl (C=O) groups is 1. The van der Waals surface area contributed by atoms with Gasteiger partial charge >= 0.3 is 0 Å². The Morgan fingerprint density at radius 3 is 2.29 bits per heavy atom. The second-order valence-electron chi connectivity index (χ2n) is 9.74. The van der Waals surface area contributed by atoms with Crippen LogP contribution in [0.2, 0.25) is 0 Å². The monoisotopic (exact) mass is 478 g/mol. The van der Waals surface area contributed by atoms with E-state index in [1.807, 2.05) is 30.3 Å². The first-order valence-corrected chi connectivity index (χ1v) is 13.3. The van der Waals surface area contributed by atoms with E-state index in [4.69, 9.17) is 5.14 Å². The minimum atomic E-state index is -3.60. The fraction of sp³-hybridized carbons (Fsp3) is 0.385. The highest BCUT2D eigenvalue weighted by atomic mass is 32.2. The molecule has 34 heavy (non-hydrogen) atoms. The van der Waals surface area contributed by atoms with Crippen molar-refractivity contribution in [3.05, 3.63) is 76.0 Å². The lowest BCUT2D eigenvalue weighted by molar-refractivity contribution is -0.117. The number of amides is 1. The number of hydrogen-bond donors (Lipinski definition) is 2. The highest BCUT2D eigenvalue weighted by Crippen LogP contribution is 2.35. The van der Waals surface area contributed by atoms with Crippen molar-refractivity contribution in [2.24, 2.45) is 9.50 Å². The molecule has 1 heterocycles. The zero-order chi connectivity index (χ0) is 24.1. The van der Waals surface area contributed by atoms with E-state index in [0.29, 0.717) is 11.4 Å². The smallest absolute Gasteiger partial charge is 0.259 e. The number of benzene rings is 2. The number of rotatable bonds is 5. The largest absolute Gasteiger partial charge is 0.384 e. The van der Waals surface area contributed by atoms with E-state index in [-0.39, 0.29) is 11.4 Å². The molecular weight excluding hydrogens is 448 g/mol. The van der Waals surface area contributed by atoms with Crippen molar-refractivity contribution < 1.29 is 14.1 Å². The normalized spacial score (nSPS) is 16.7. The SMILES string of the molecule is CC(C)(O)c1cc(S(N)(=O)=NC(=O)Cc2c3c(cc4c2CCC4)CCC3)nn1-c1ccccc1. The van der Waals surface area contributed by atoms with Crippen LogP contribution in [0.5, 0.6) is 0 Å². The zero-order valence-corrected chi connectivity index (χ0v) is 20.4. The van der Waals surface area contributed by atoms with Gasteiger partial charge in [0.2, 0.25) is 0 Å². The third-order valence-corrected chi connectivity index (χ3v) is 8.05. The van der Waals surface area contributed by atoms with Gasteiger partial charge in [0.05, 0.1) is 17.8 Å². The predicted molar refractivity (Wildman–Crippen MR) is 131 cm³/mol. The molecule has 3 N–H and O–H groups in total. The molecule has 178 valence electrons. The summed E-state index contributed by atoms with van der Waals surface area (Å²) in [7, 11) is -3.60. The van der Waals surface area contributed by atoms with Crippen molar-refractivity contribution in [2.75, 3.05) is 0 Å². The van der Waals surface area contributed by atoms with Crippen LogP contribution in [-0.2, 0) is 52.4 Å². The molecule has 5 rings (SSSR count). The summed E-state index contributed by atoms with van der Waals surface area (Å²) >= 11 is 0. The van der Waals surface area contributed by atoms with E-state index in [0.717, 1.165) is 44.1 Å². The molecule has 1 atom stereocenters. The summed E-state index contributed by atoms with van der Waals surface area (Å²) in [4.78, 5) is 13.0. The number of nitrogens with zero attached hydrogens (tertiary/aromatic N) is 3. The van der Waals surface area contributed by atoms with Gasteiger partial charge in [-0.3, -0.25) is 4.79 Å². The number of aryl methyl sites for hydroxylation is 2. The fourth-order valence-electron chi connectivity index (χ4n) is 5.23. The van der Waals surface area contributed by atoms with Crippen molar-refractivity contribution in [1.29, 1.82) is 0 Å². The van der Waals surface area contributed by atoms with Crippen molar-refractivity contribution in [2.45, 2.75) is 69.4 Å². The highest BCUT2D eigenvalue weighted by molar-refractivity contribution is 7.91. The van der Waals surface area contributed by atoms with Gasteiger partial charge in [0, 0.05) is 6.07 Å². The average Bonchev–Trinajstić information content (AvgIpc) is 3.52. The zero-order valence-electron chi connectivity index (χ0n) is 19.6. The summed E-state index contributed by atoms with van der Waals surface area (Å²) in [6, 6.07) is 13.0. The molecular formula is C26H30N4O3S. The van der Waals surface area contributed by atoms with Crippen LogP contribution >= 0.6 is 0 Å². The molecule has 0 radical (unpaired) electrons. The first-order valence-electron chi connectivity index (χ1n) is 11.7. The molecule has 0 fully saturated rings. The van der Waals surface area contributed by atoms with Crippen LogP contribution in [0.25, 0.3) is 5.69 Å². The molecule has 7 nitrogen and oxygen atoms in total. The molecule has 2 aliphatic rings. The Balaban J connectivity index is 1.51. The summed E-state index contributed by atoms with van der Waals surface area (Å²) in [6.45, 7) is 3.23. The van der Waals surface area contributed by atoms with Gasteiger partial charge in [0.15, 0.2) is 14.9 Å². The van der Waals surface area contributed by atoms with Gasteiger partial charge in [-0.2, -0.15) is 5.10 Å². The maximum atomic E-state index is 13.4. The second kappa shape index (κ2) is 8.45. The van der Waals surface area contributed by atoms with E-state index in [1.165, 1.54) is 33.0 Å². The molecule has 0 saturated heterocycles. The molecule has 0 saturated carbocycles. The number of fused-ring (bicyclic) bond motifs is 2. The Hall–Kier alpha value is -2.81. The minimum absolute atomic E-state index is 0.0228. The van der Waals surface area contributed by atoms with Crippen LogP contribution < -0.4 is 5.14 Å². The maximum absolute atomic E-state index is 13.4. The molecule has 1 unspecified atom stereocenters. The summed E-state index contributed by atoms with van der Waals surface area (Å²) < 4.78 is 18.9. The molecule has 1 amide bonds. The third kappa shape index (κ3) is 4.21. The van der Waals surface area contributed by atoms with Crippen LogP contribution in [0, 0.1) is 0 Å². The molecule has 2 aromatic carbocycles. The molecule has 2 aliphatic carbocycles. The van der Waals surface area contributed by atoms with Gasteiger partial charge < -0.3 is 5.11 Å². The Kier molecular flexibility index (Phi) is 5.70. The maximum Gasteiger partial charge on any atom is 0.259 e. The van der Waals surface area contributed by atoms with E-state index < -0.39 is 21.4 Å². The highest BCUT2D eigenvalue weighted by Gasteiger charge is 2.28. The summed E-state index contributed by atoms with van der Waals surface area (Å²) in [6.07, 6.45) is 6.34. The molecule has 3 aromatic rings.